The van der Waals surface area contributed by atoms with Crippen LogP contribution in [-0.4, -0.2) is 37.6 Å². The molecule has 4 nitrogen and oxygen atoms in total. The summed E-state index contributed by atoms with van der Waals surface area (Å²) in [6.07, 6.45) is 1.84. The van der Waals surface area contributed by atoms with Crippen molar-refractivity contribution in [1.82, 2.24) is 4.90 Å². The highest BCUT2D eigenvalue weighted by Gasteiger charge is 2.21. The van der Waals surface area contributed by atoms with E-state index in [9.17, 15) is 4.79 Å². The summed E-state index contributed by atoms with van der Waals surface area (Å²) in [6.45, 7) is 7.63. The van der Waals surface area contributed by atoms with Crippen molar-refractivity contribution < 1.29 is 9.53 Å². The molecule has 1 aliphatic heterocycles. The number of nitrogens with zero attached hydrogens (tertiary/aromatic N) is 1. The zero-order chi connectivity index (χ0) is 15.2. The van der Waals surface area contributed by atoms with Crippen LogP contribution >= 0.6 is 0 Å². The van der Waals surface area contributed by atoms with Crippen molar-refractivity contribution in [2.24, 2.45) is 11.8 Å². The second-order valence-corrected chi connectivity index (χ2v) is 6.24. The Balaban J connectivity index is 1.79. The lowest BCUT2D eigenvalue weighted by Gasteiger charge is -2.34. The summed E-state index contributed by atoms with van der Waals surface area (Å²) in [5, 5.41) is 2.93. The van der Waals surface area contributed by atoms with Gasteiger partial charge in [0.25, 0.3) is 0 Å². The van der Waals surface area contributed by atoms with E-state index in [2.05, 4.69) is 24.1 Å². The van der Waals surface area contributed by atoms with Gasteiger partial charge in [0.2, 0.25) is 5.91 Å². The van der Waals surface area contributed by atoms with Gasteiger partial charge in [-0.1, -0.05) is 19.9 Å². The molecule has 1 aromatic rings. The summed E-state index contributed by atoms with van der Waals surface area (Å²) in [4.78, 5) is 14.4. The van der Waals surface area contributed by atoms with Gasteiger partial charge in [0.15, 0.2) is 0 Å². The Bertz CT molecular complexity index is 466. The van der Waals surface area contributed by atoms with E-state index >= 15 is 0 Å². The number of likely N-dealkylation sites (tertiary alicyclic amines) is 1. The zero-order valence-electron chi connectivity index (χ0n) is 13.3. The monoisotopic (exact) mass is 290 g/mol. The number of benzene rings is 1. The quantitative estimate of drug-likeness (QED) is 0.906. The van der Waals surface area contributed by atoms with Crippen LogP contribution in [0.4, 0.5) is 5.69 Å². The van der Waals surface area contributed by atoms with Gasteiger partial charge in [-0.15, -0.1) is 0 Å². The van der Waals surface area contributed by atoms with Crippen LogP contribution in [0.25, 0.3) is 0 Å². The van der Waals surface area contributed by atoms with Gasteiger partial charge >= 0.3 is 0 Å². The van der Waals surface area contributed by atoms with E-state index in [1.54, 1.807) is 7.11 Å². The van der Waals surface area contributed by atoms with Crippen molar-refractivity contribution in [2.45, 2.75) is 26.7 Å². The molecule has 0 radical (unpaired) electrons. The first kappa shape index (κ1) is 15.8. The molecule has 2 atom stereocenters. The summed E-state index contributed by atoms with van der Waals surface area (Å²) >= 11 is 0. The number of methoxy groups -OCH3 is 1. The third kappa shape index (κ3) is 5.05. The number of rotatable bonds is 5. The number of carbonyl (C=O) groups excluding carboxylic acids is 1. The summed E-state index contributed by atoms with van der Waals surface area (Å²) in [6, 6.07) is 7.46. The first-order valence-corrected chi connectivity index (χ1v) is 7.73. The fourth-order valence-electron chi connectivity index (χ4n) is 3.16. The van der Waals surface area contributed by atoms with Gasteiger partial charge in [-0.3, -0.25) is 4.79 Å². The second kappa shape index (κ2) is 7.46. The molecule has 1 heterocycles. The summed E-state index contributed by atoms with van der Waals surface area (Å²) in [5.74, 6) is 2.28. The van der Waals surface area contributed by atoms with Gasteiger partial charge in [0.1, 0.15) is 5.75 Å². The molecular weight excluding hydrogens is 264 g/mol. The Labute approximate surface area is 127 Å². The van der Waals surface area contributed by atoms with E-state index in [4.69, 9.17) is 4.74 Å². The first-order chi connectivity index (χ1) is 10.1. The maximum absolute atomic E-state index is 12.0. The molecule has 0 unspecified atom stereocenters. The molecule has 4 heteroatoms. The second-order valence-electron chi connectivity index (χ2n) is 6.24. The largest absolute Gasteiger partial charge is 0.497 e. The molecule has 1 aromatic carbocycles. The molecule has 2 rings (SSSR count). The number of anilines is 1. The van der Waals surface area contributed by atoms with E-state index in [1.165, 1.54) is 6.42 Å². The molecule has 1 saturated heterocycles. The molecule has 0 aromatic heterocycles. The predicted molar refractivity (Wildman–Crippen MR) is 85.6 cm³/mol. The molecule has 1 N–H and O–H groups in total. The Hall–Kier alpha value is -1.55. The van der Waals surface area contributed by atoms with Crippen LogP contribution < -0.4 is 10.1 Å². The number of piperidine rings is 1. The molecular formula is C17H26N2O2. The lowest BCUT2D eigenvalue weighted by atomic mass is 9.92. The van der Waals surface area contributed by atoms with Gasteiger partial charge in [0.05, 0.1) is 7.11 Å². The molecule has 1 aliphatic rings. The van der Waals surface area contributed by atoms with Gasteiger partial charge in [-0.25, -0.2) is 0 Å². The van der Waals surface area contributed by atoms with Gasteiger partial charge < -0.3 is 15.0 Å². The van der Waals surface area contributed by atoms with E-state index < -0.39 is 0 Å². The molecule has 1 amide bonds. The first-order valence-electron chi connectivity index (χ1n) is 7.73. The number of hydrogen-bond donors (Lipinski definition) is 1. The van der Waals surface area contributed by atoms with Gasteiger partial charge in [0, 0.05) is 37.8 Å². The Morgan fingerprint density at radius 1 is 1.33 bits per heavy atom. The van der Waals surface area contributed by atoms with Crippen LogP contribution in [0.15, 0.2) is 24.3 Å². The van der Waals surface area contributed by atoms with E-state index in [-0.39, 0.29) is 5.91 Å². The van der Waals surface area contributed by atoms with E-state index in [0.717, 1.165) is 42.9 Å². The normalized spacial score (nSPS) is 22.8. The standard InChI is InChI=1S/C17H26N2O2/c1-13-9-14(2)12-19(11-13)8-7-17(20)18-15-5-4-6-16(10-15)21-3/h4-6,10,13-14H,7-9,11-12H2,1-3H3,(H,18,20)/t13-,14+. The van der Waals surface area contributed by atoms with Crippen LogP contribution in [0, 0.1) is 11.8 Å². The van der Waals surface area contributed by atoms with Crippen LogP contribution in [0.5, 0.6) is 5.75 Å². The molecule has 0 aliphatic carbocycles. The zero-order valence-corrected chi connectivity index (χ0v) is 13.3. The van der Waals surface area contributed by atoms with Crippen LogP contribution in [0.2, 0.25) is 0 Å². The van der Waals surface area contributed by atoms with Gasteiger partial charge in [-0.2, -0.15) is 0 Å². The van der Waals surface area contributed by atoms with Crippen LogP contribution in [-0.2, 0) is 4.79 Å². The maximum Gasteiger partial charge on any atom is 0.225 e. The van der Waals surface area contributed by atoms with Crippen molar-refractivity contribution in [3.05, 3.63) is 24.3 Å². The Morgan fingerprint density at radius 2 is 2.05 bits per heavy atom. The summed E-state index contributed by atoms with van der Waals surface area (Å²) < 4.78 is 5.16. The lowest BCUT2D eigenvalue weighted by molar-refractivity contribution is -0.116. The van der Waals surface area contributed by atoms with Crippen molar-refractivity contribution in [3.63, 3.8) is 0 Å². The number of ether oxygens (including phenoxy) is 1. The topological polar surface area (TPSA) is 41.6 Å². The van der Waals surface area contributed by atoms with Crippen molar-refractivity contribution in [3.8, 4) is 5.75 Å². The SMILES string of the molecule is COc1cccc(NC(=O)CCN2C[C@H](C)C[C@H](C)C2)c1. The smallest absolute Gasteiger partial charge is 0.225 e. The lowest BCUT2D eigenvalue weighted by Crippen LogP contribution is -2.40. The predicted octanol–water partition coefficient (Wildman–Crippen LogP) is 3.00. The third-order valence-corrected chi connectivity index (χ3v) is 3.95. The average Bonchev–Trinajstić information content (AvgIpc) is 2.44. The Morgan fingerprint density at radius 3 is 2.71 bits per heavy atom. The highest BCUT2D eigenvalue weighted by Crippen LogP contribution is 2.21. The minimum atomic E-state index is 0.0640. The van der Waals surface area contributed by atoms with Gasteiger partial charge in [-0.05, 0) is 30.4 Å². The molecule has 1 fully saturated rings. The number of carbonyl (C=O) groups is 1. The van der Waals surface area contributed by atoms with E-state index in [1.807, 2.05) is 24.3 Å². The maximum atomic E-state index is 12.0. The molecule has 0 bridgehead atoms. The summed E-state index contributed by atoms with van der Waals surface area (Å²) in [7, 11) is 1.62. The molecule has 21 heavy (non-hydrogen) atoms. The average molecular weight is 290 g/mol. The van der Waals surface area contributed by atoms with Crippen LogP contribution in [0.1, 0.15) is 26.7 Å². The highest BCUT2D eigenvalue weighted by atomic mass is 16.5. The fourth-order valence-corrected chi connectivity index (χ4v) is 3.16. The minimum absolute atomic E-state index is 0.0640. The van der Waals surface area contributed by atoms with Crippen LogP contribution in [0.3, 0.4) is 0 Å². The summed E-state index contributed by atoms with van der Waals surface area (Å²) in [5.41, 5.74) is 0.791. The number of amides is 1. The van der Waals surface area contributed by atoms with E-state index in [0.29, 0.717) is 6.42 Å². The number of hydrogen-bond acceptors (Lipinski definition) is 3. The number of nitrogens with one attached hydrogen (secondary N) is 1. The highest BCUT2D eigenvalue weighted by molar-refractivity contribution is 5.91. The third-order valence-electron chi connectivity index (χ3n) is 3.95. The molecule has 0 spiro atoms. The molecule has 116 valence electrons. The fraction of sp³-hybridized carbons (Fsp3) is 0.588. The van der Waals surface area contributed by atoms with Crippen molar-refractivity contribution in [2.75, 3.05) is 32.1 Å². The van der Waals surface area contributed by atoms with Crippen molar-refractivity contribution >= 4 is 11.6 Å². The minimum Gasteiger partial charge on any atom is -0.497 e. The molecule has 0 saturated carbocycles. The van der Waals surface area contributed by atoms with Crippen molar-refractivity contribution in [1.29, 1.82) is 0 Å². The Kier molecular flexibility index (Phi) is 5.62.